The van der Waals surface area contributed by atoms with Gasteiger partial charge in [-0.1, -0.05) is 5.92 Å². The van der Waals surface area contributed by atoms with E-state index in [1.165, 1.54) is 0 Å². The molecule has 2 heteroatoms. The first-order valence-corrected chi connectivity index (χ1v) is 3.66. The summed E-state index contributed by atoms with van der Waals surface area (Å²) in [4.78, 5) is 0. The molecule has 0 aliphatic rings. The van der Waals surface area contributed by atoms with Gasteiger partial charge in [0.2, 0.25) is 0 Å². The molecule has 0 aliphatic carbocycles. The van der Waals surface area contributed by atoms with E-state index in [9.17, 15) is 0 Å². The van der Waals surface area contributed by atoms with Crippen LogP contribution in [0.5, 0.6) is 5.75 Å². The third-order valence-electron chi connectivity index (χ3n) is 1.56. The number of benzene rings is 1. The Morgan fingerprint density at radius 2 is 2.33 bits per heavy atom. The van der Waals surface area contributed by atoms with E-state index in [2.05, 4.69) is 5.92 Å². The number of nitrogens with two attached hydrogens (primary N) is 1. The lowest BCUT2D eigenvalue weighted by Crippen LogP contribution is -1.95. The van der Waals surface area contributed by atoms with Gasteiger partial charge in [-0.05, 0) is 30.7 Å². The van der Waals surface area contributed by atoms with Gasteiger partial charge in [-0.3, -0.25) is 0 Å². The molecule has 0 aliphatic heterocycles. The summed E-state index contributed by atoms with van der Waals surface area (Å²) < 4.78 is 5.20. The number of nitrogen functional groups attached to an aromatic ring is 1. The van der Waals surface area contributed by atoms with Gasteiger partial charge in [-0.15, -0.1) is 6.42 Å². The summed E-state index contributed by atoms with van der Waals surface area (Å²) in [5, 5.41) is 0. The highest BCUT2D eigenvalue weighted by Gasteiger charge is 1.95. The van der Waals surface area contributed by atoms with Gasteiger partial charge in [0.1, 0.15) is 12.4 Å². The topological polar surface area (TPSA) is 35.2 Å². The molecule has 0 fully saturated rings. The summed E-state index contributed by atoms with van der Waals surface area (Å²) in [5.74, 6) is 3.16. The van der Waals surface area contributed by atoms with Crippen molar-refractivity contribution in [2.45, 2.75) is 6.92 Å². The van der Waals surface area contributed by atoms with Gasteiger partial charge in [0.15, 0.2) is 0 Å². The van der Waals surface area contributed by atoms with Crippen molar-refractivity contribution in [1.82, 2.24) is 0 Å². The van der Waals surface area contributed by atoms with Crippen molar-refractivity contribution in [3.05, 3.63) is 23.8 Å². The first-order chi connectivity index (χ1) is 5.74. The smallest absolute Gasteiger partial charge is 0.148 e. The normalized spacial score (nSPS) is 9.00. The maximum absolute atomic E-state index is 5.62. The molecule has 1 rings (SSSR count). The van der Waals surface area contributed by atoms with E-state index in [4.69, 9.17) is 16.9 Å². The highest BCUT2D eigenvalue weighted by atomic mass is 16.5. The van der Waals surface area contributed by atoms with Gasteiger partial charge in [-0.25, -0.2) is 0 Å². The molecule has 62 valence electrons. The second kappa shape index (κ2) is 3.68. The van der Waals surface area contributed by atoms with Crippen LogP contribution in [0.4, 0.5) is 5.69 Å². The van der Waals surface area contributed by atoms with Crippen molar-refractivity contribution in [3.63, 3.8) is 0 Å². The fourth-order valence-electron chi connectivity index (χ4n) is 0.863. The Morgan fingerprint density at radius 3 is 2.92 bits per heavy atom. The molecular formula is C10H11NO. The van der Waals surface area contributed by atoms with Gasteiger partial charge in [0.25, 0.3) is 0 Å². The van der Waals surface area contributed by atoms with Crippen molar-refractivity contribution < 1.29 is 4.74 Å². The summed E-state index contributed by atoms with van der Waals surface area (Å²) in [6.07, 6.45) is 5.04. The first-order valence-electron chi connectivity index (χ1n) is 3.66. The fraction of sp³-hybridized carbons (Fsp3) is 0.200. The van der Waals surface area contributed by atoms with Crippen molar-refractivity contribution in [3.8, 4) is 18.1 Å². The lowest BCUT2D eigenvalue weighted by Gasteiger charge is -2.04. The Labute approximate surface area is 72.3 Å². The van der Waals surface area contributed by atoms with Crippen LogP contribution in [0.3, 0.4) is 0 Å². The van der Waals surface area contributed by atoms with Gasteiger partial charge in [0, 0.05) is 5.69 Å². The minimum atomic E-state index is 0.295. The van der Waals surface area contributed by atoms with Crippen LogP contribution in [0.25, 0.3) is 0 Å². The van der Waals surface area contributed by atoms with Gasteiger partial charge in [-0.2, -0.15) is 0 Å². The van der Waals surface area contributed by atoms with Gasteiger partial charge in [0.05, 0.1) is 0 Å². The molecular weight excluding hydrogens is 150 g/mol. The number of terminal acetylenes is 1. The van der Waals surface area contributed by atoms with E-state index in [1.807, 2.05) is 13.0 Å². The molecule has 1 aromatic carbocycles. The Balaban J connectivity index is 2.77. The number of hydrogen-bond acceptors (Lipinski definition) is 2. The van der Waals surface area contributed by atoms with Gasteiger partial charge >= 0.3 is 0 Å². The molecule has 0 bridgehead atoms. The molecule has 0 atom stereocenters. The van der Waals surface area contributed by atoms with Gasteiger partial charge < -0.3 is 10.5 Å². The lowest BCUT2D eigenvalue weighted by atomic mass is 10.2. The van der Waals surface area contributed by atoms with Crippen molar-refractivity contribution in [2.24, 2.45) is 0 Å². The monoisotopic (exact) mass is 161 g/mol. The molecule has 1 aromatic rings. The molecule has 0 heterocycles. The lowest BCUT2D eigenvalue weighted by molar-refractivity contribution is 0.370. The zero-order valence-electron chi connectivity index (χ0n) is 7.00. The Bertz CT molecular complexity index is 312. The molecule has 2 nitrogen and oxygen atoms in total. The quantitative estimate of drug-likeness (QED) is 0.528. The van der Waals surface area contributed by atoms with Crippen LogP contribution in [-0.2, 0) is 0 Å². The van der Waals surface area contributed by atoms with Crippen LogP contribution < -0.4 is 10.5 Å². The molecule has 12 heavy (non-hydrogen) atoms. The Kier molecular flexibility index (Phi) is 2.60. The number of ether oxygens (including phenoxy) is 1. The zero-order valence-corrected chi connectivity index (χ0v) is 7.00. The average molecular weight is 161 g/mol. The molecule has 2 N–H and O–H groups in total. The van der Waals surface area contributed by atoms with Crippen molar-refractivity contribution in [1.29, 1.82) is 0 Å². The Hall–Kier alpha value is -1.62. The fourth-order valence-corrected chi connectivity index (χ4v) is 0.863. The average Bonchev–Trinajstić information content (AvgIpc) is 2.07. The highest BCUT2D eigenvalue weighted by Crippen LogP contribution is 2.18. The van der Waals surface area contributed by atoms with Crippen LogP contribution >= 0.6 is 0 Å². The molecule has 0 unspecified atom stereocenters. The molecule has 0 radical (unpaired) electrons. The highest BCUT2D eigenvalue weighted by molar-refractivity contribution is 5.49. The van der Waals surface area contributed by atoms with E-state index in [0.29, 0.717) is 6.61 Å². The van der Waals surface area contributed by atoms with E-state index in [-0.39, 0.29) is 0 Å². The number of aryl methyl sites for hydroxylation is 1. The zero-order chi connectivity index (χ0) is 8.97. The summed E-state index contributed by atoms with van der Waals surface area (Å²) in [5.41, 5.74) is 7.39. The van der Waals surface area contributed by atoms with E-state index in [0.717, 1.165) is 17.0 Å². The maximum atomic E-state index is 5.62. The van der Waals surface area contributed by atoms with Crippen LogP contribution in [0.2, 0.25) is 0 Å². The van der Waals surface area contributed by atoms with Crippen LogP contribution in [0.15, 0.2) is 18.2 Å². The molecule has 0 aromatic heterocycles. The summed E-state index contributed by atoms with van der Waals surface area (Å²) >= 11 is 0. The summed E-state index contributed by atoms with van der Waals surface area (Å²) in [6.45, 7) is 2.22. The number of anilines is 1. The van der Waals surface area contributed by atoms with Crippen LogP contribution in [0.1, 0.15) is 5.56 Å². The minimum Gasteiger partial charge on any atom is -0.481 e. The first kappa shape index (κ1) is 8.48. The predicted octanol–water partition coefficient (Wildman–Crippen LogP) is 1.59. The van der Waals surface area contributed by atoms with Crippen molar-refractivity contribution >= 4 is 5.69 Å². The summed E-state index contributed by atoms with van der Waals surface area (Å²) in [6, 6.07) is 5.48. The third kappa shape index (κ3) is 1.93. The summed E-state index contributed by atoms with van der Waals surface area (Å²) in [7, 11) is 0. The Morgan fingerprint density at radius 1 is 1.58 bits per heavy atom. The largest absolute Gasteiger partial charge is 0.481 e. The van der Waals surface area contributed by atoms with E-state index in [1.54, 1.807) is 12.1 Å². The third-order valence-corrected chi connectivity index (χ3v) is 1.56. The van der Waals surface area contributed by atoms with E-state index < -0.39 is 0 Å². The number of rotatable bonds is 2. The standard InChI is InChI=1S/C10H11NO/c1-3-6-12-9-4-5-10(11)8(2)7-9/h1,4-5,7H,6,11H2,2H3. The minimum absolute atomic E-state index is 0.295. The molecule has 0 saturated heterocycles. The number of hydrogen-bond donors (Lipinski definition) is 1. The van der Waals surface area contributed by atoms with Crippen LogP contribution in [0, 0.1) is 19.3 Å². The second-order valence-electron chi connectivity index (χ2n) is 2.51. The second-order valence-corrected chi connectivity index (χ2v) is 2.51. The predicted molar refractivity (Wildman–Crippen MR) is 49.9 cm³/mol. The van der Waals surface area contributed by atoms with Crippen molar-refractivity contribution in [2.75, 3.05) is 12.3 Å². The van der Waals surface area contributed by atoms with E-state index >= 15 is 0 Å². The molecule has 0 saturated carbocycles. The maximum Gasteiger partial charge on any atom is 0.148 e. The van der Waals surface area contributed by atoms with Crippen LogP contribution in [-0.4, -0.2) is 6.61 Å². The molecule has 0 spiro atoms. The SMILES string of the molecule is C#CCOc1ccc(N)c(C)c1. The molecule has 0 amide bonds.